The van der Waals surface area contributed by atoms with Gasteiger partial charge in [-0.1, -0.05) is 34.6 Å². The maximum atomic E-state index is 6.35. The maximum Gasteiger partial charge on any atom is 0.192 e. The zero-order valence-corrected chi connectivity index (χ0v) is 23.4. The van der Waals surface area contributed by atoms with Crippen LogP contribution < -0.4 is 0 Å². The topological polar surface area (TPSA) is 19.0 Å². The third-order valence-corrected chi connectivity index (χ3v) is 12.6. The van der Waals surface area contributed by atoms with E-state index in [4.69, 9.17) is 4.43 Å². The van der Waals surface area contributed by atoms with E-state index < -0.39 is 8.32 Å². The van der Waals surface area contributed by atoms with Gasteiger partial charge in [-0.05, 0) is 122 Å². The Bertz CT molecular complexity index is 355. The number of rotatable bonds is 20. The summed E-state index contributed by atoms with van der Waals surface area (Å²) >= 11 is 0. The Labute approximate surface area is 191 Å². The van der Waals surface area contributed by atoms with E-state index in [9.17, 15) is 0 Å². The molecule has 0 saturated carbocycles. The van der Waals surface area contributed by atoms with E-state index in [0.717, 1.165) is 19.6 Å². The van der Waals surface area contributed by atoms with Gasteiger partial charge < -0.3 is 19.1 Å². The highest BCUT2D eigenvalue weighted by Crippen LogP contribution is 2.45. The minimum atomic E-state index is -1.65. The van der Waals surface area contributed by atoms with Gasteiger partial charge in [0.1, 0.15) is 0 Å². The Morgan fingerprint density at radius 2 is 0.967 bits per heavy atom. The smallest absolute Gasteiger partial charge is 0.192 e. The van der Waals surface area contributed by atoms with Crippen molar-refractivity contribution in [3.63, 3.8) is 0 Å². The number of nitrogens with zero attached hydrogens (tertiary/aromatic N) is 3. The molecule has 0 aliphatic heterocycles. The molecular weight excluding hydrogens is 386 g/mol. The van der Waals surface area contributed by atoms with Crippen molar-refractivity contribution in [1.82, 2.24) is 14.7 Å². The first-order chi connectivity index (χ1) is 14.3. The van der Waals surface area contributed by atoms with E-state index in [0.29, 0.717) is 5.41 Å². The standard InChI is InChI=1S/C25H57N3OSi/c1-10-26(6)21-15-18-25(19-16-22-27(7)11-2,20-17-23-28(8)12-3)24-30(13-4,14-5)29-9/h10-24H2,1-9H3. The van der Waals surface area contributed by atoms with Crippen molar-refractivity contribution in [2.24, 2.45) is 5.41 Å². The van der Waals surface area contributed by atoms with Gasteiger partial charge in [0, 0.05) is 7.11 Å². The highest BCUT2D eigenvalue weighted by molar-refractivity contribution is 6.73. The fraction of sp³-hybridized carbons (Fsp3) is 1.00. The van der Waals surface area contributed by atoms with E-state index >= 15 is 0 Å². The summed E-state index contributed by atoms with van der Waals surface area (Å²) in [5.74, 6) is 0. The fourth-order valence-electron chi connectivity index (χ4n) is 4.83. The molecule has 0 heterocycles. The lowest BCUT2D eigenvalue weighted by Gasteiger charge is -2.42. The third-order valence-electron chi connectivity index (χ3n) is 7.78. The summed E-state index contributed by atoms with van der Waals surface area (Å²) in [7, 11) is 7.15. The monoisotopic (exact) mass is 443 g/mol. The number of hydrogen-bond donors (Lipinski definition) is 0. The molecule has 0 N–H and O–H groups in total. The van der Waals surface area contributed by atoms with Crippen LogP contribution in [0.4, 0.5) is 0 Å². The first-order valence-electron chi connectivity index (χ1n) is 12.9. The summed E-state index contributed by atoms with van der Waals surface area (Å²) in [4.78, 5) is 7.42. The van der Waals surface area contributed by atoms with Crippen LogP contribution in [0.5, 0.6) is 0 Å². The second-order valence-corrected chi connectivity index (χ2v) is 14.3. The summed E-state index contributed by atoms with van der Waals surface area (Å²) in [6.45, 7) is 18.7. The summed E-state index contributed by atoms with van der Waals surface area (Å²) < 4.78 is 6.35. The molecule has 5 heteroatoms. The highest BCUT2D eigenvalue weighted by Gasteiger charge is 2.41. The van der Waals surface area contributed by atoms with Gasteiger partial charge in [0.15, 0.2) is 8.32 Å². The Morgan fingerprint density at radius 3 is 1.20 bits per heavy atom. The molecule has 0 fully saturated rings. The van der Waals surface area contributed by atoms with Gasteiger partial charge in [-0.25, -0.2) is 0 Å². The molecule has 0 aliphatic carbocycles. The molecule has 0 aromatic rings. The molecule has 0 unspecified atom stereocenters. The van der Waals surface area contributed by atoms with Crippen molar-refractivity contribution in [3.05, 3.63) is 0 Å². The average Bonchev–Trinajstić information content (AvgIpc) is 2.77. The van der Waals surface area contributed by atoms with Crippen LogP contribution in [0.3, 0.4) is 0 Å². The van der Waals surface area contributed by atoms with Crippen molar-refractivity contribution < 1.29 is 4.43 Å². The van der Waals surface area contributed by atoms with Crippen LogP contribution in [0.1, 0.15) is 73.1 Å². The van der Waals surface area contributed by atoms with Gasteiger partial charge in [-0.3, -0.25) is 0 Å². The predicted octanol–water partition coefficient (Wildman–Crippen LogP) is 5.80. The Hall–Kier alpha value is 0.0569. The molecule has 0 amide bonds. The SMILES string of the molecule is CCN(C)CCCC(CCCN(C)CC)(CCCN(C)CC)C[Si](CC)(CC)OC. The lowest BCUT2D eigenvalue weighted by atomic mass is 9.76. The van der Waals surface area contributed by atoms with E-state index in [1.807, 2.05) is 7.11 Å². The third kappa shape index (κ3) is 11.6. The molecule has 0 spiro atoms. The van der Waals surface area contributed by atoms with Gasteiger partial charge in [0.25, 0.3) is 0 Å². The van der Waals surface area contributed by atoms with E-state index in [-0.39, 0.29) is 0 Å². The van der Waals surface area contributed by atoms with Crippen molar-refractivity contribution in [2.45, 2.75) is 91.3 Å². The van der Waals surface area contributed by atoms with Crippen LogP contribution in [-0.2, 0) is 4.43 Å². The molecule has 182 valence electrons. The van der Waals surface area contributed by atoms with Crippen molar-refractivity contribution in [2.75, 3.05) is 67.5 Å². The van der Waals surface area contributed by atoms with Crippen LogP contribution in [0, 0.1) is 5.41 Å². The molecule has 0 aromatic heterocycles. The summed E-state index contributed by atoms with van der Waals surface area (Å²) in [6.07, 6.45) is 8.04. The maximum absolute atomic E-state index is 6.35. The highest BCUT2D eigenvalue weighted by atomic mass is 28.4. The minimum Gasteiger partial charge on any atom is -0.420 e. The van der Waals surface area contributed by atoms with Crippen LogP contribution in [0.25, 0.3) is 0 Å². The largest absolute Gasteiger partial charge is 0.420 e. The second kappa shape index (κ2) is 16.7. The molecule has 4 nitrogen and oxygen atoms in total. The minimum absolute atomic E-state index is 0.450. The summed E-state index contributed by atoms with van der Waals surface area (Å²) in [6, 6.07) is 3.85. The molecule has 0 rings (SSSR count). The molecular formula is C25H57N3OSi. The van der Waals surface area contributed by atoms with Gasteiger partial charge in [-0.15, -0.1) is 0 Å². The Kier molecular flexibility index (Phi) is 16.7. The van der Waals surface area contributed by atoms with Crippen LogP contribution in [0.15, 0.2) is 0 Å². The van der Waals surface area contributed by atoms with E-state index in [2.05, 4.69) is 70.5 Å². The van der Waals surface area contributed by atoms with Gasteiger partial charge in [0.2, 0.25) is 0 Å². The first kappa shape index (κ1) is 30.1. The zero-order chi connectivity index (χ0) is 23.0. The van der Waals surface area contributed by atoms with Crippen LogP contribution >= 0.6 is 0 Å². The fourth-order valence-corrected chi connectivity index (χ4v) is 8.45. The van der Waals surface area contributed by atoms with Crippen molar-refractivity contribution in [1.29, 1.82) is 0 Å². The average molecular weight is 444 g/mol. The molecule has 0 bridgehead atoms. The number of hydrogen-bond acceptors (Lipinski definition) is 4. The molecule has 0 aromatic carbocycles. The summed E-state index contributed by atoms with van der Waals surface area (Å²) in [5.41, 5.74) is 0.450. The zero-order valence-electron chi connectivity index (χ0n) is 22.4. The molecule has 0 atom stereocenters. The molecule has 0 saturated heterocycles. The van der Waals surface area contributed by atoms with Gasteiger partial charge in [0.05, 0.1) is 0 Å². The normalized spacial score (nSPS) is 13.2. The van der Waals surface area contributed by atoms with Crippen LogP contribution in [0.2, 0.25) is 18.1 Å². The summed E-state index contributed by atoms with van der Waals surface area (Å²) in [5, 5.41) is 0. The quantitative estimate of drug-likeness (QED) is 0.221. The lowest BCUT2D eigenvalue weighted by molar-refractivity contribution is 0.183. The van der Waals surface area contributed by atoms with Gasteiger partial charge in [-0.2, -0.15) is 0 Å². The van der Waals surface area contributed by atoms with Gasteiger partial charge >= 0.3 is 0 Å². The van der Waals surface area contributed by atoms with Crippen LogP contribution in [-0.4, -0.2) is 90.5 Å². The van der Waals surface area contributed by atoms with Crippen molar-refractivity contribution >= 4 is 8.32 Å². The van der Waals surface area contributed by atoms with E-state index in [1.54, 1.807) is 0 Å². The molecule has 30 heavy (non-hydrogen) atoms. The molecule has 0 radical (unpaired) electrons. The first-order valence-corrected chi connectivity index (χ1v) is 15.4. The Balaban J connectivity index is 5.52. The Morgan fingerprint density at radius 1 is 0.633 bits per heavy atom. The molecule has 0 aliphatic rings. The lowest BCUT2D eigenvalue weighted by Crippen LogP contribution is -2.42. The second-order valence-electron chi connectivity index (χ2n) is 9.77. The van der Waals surface area contributed by atoms with Crippen molar-refractivity contribution in [3.8, 4) is 0 Å². The van der Waals surface area contributed by atoms with E-state index in [1.165, 1.54) is 76.3 Å². The predicted molar refractivity (Wildman–Crippen MR) is 138 cm³/mol.